The Hall–Kier alpha value is -1.73. The van der Waals surface area contributed by atoms with E-state index in [1.807, 2.05) is 0 Å². The predicted molar refractivity (Wildman–Crippen MR) is 82.1 cm³/mol. The molecule has 1 aromatic rings. The van der Waals surface area contributed by atoms with Crippen molar-refractivity contribution in [2.45, 2.75) is 37.9 Å². The third-order valence-electron chi connectivity index (χ3n) is 4.08. The van der Waals surface area contributed by atoms with Gasteiger partial charge < -0.3 is 18.9 Å². The molecule has 7 heteroatoms. The lowest BCUT2D eigenvalue weighted by atomic mass is 9.86. The maximum atomic E-state index is 14.1. The Labute approximate surface area is 139 Å². The highest BCUT2D eigenvalue weighted by atomic mass is 19.2. The number of carbonyl (C=O) groups excluding carboxylic acids is 1. The van der Waals surface area contributed by atoms with E-state index in [2.05, 4.69) is 0 Å². The molecule has 1 aliphatic rings. The quantitative estimate of drug-likeness (QED) is 0.743. The Balaban J connectivity index is 2.45. The molecule has 3 unspecified atom stereocenters. The van der Waals surface area contributed by atoms with E-state index in [0.717, 1.165) is 6.07 Å². The van der Waals surface area contributed by atoms with E-state index in [-0.39, 0.29) is 19.0 Å². The van der Waals surface area contributed by atoms with Crippen LogP contribution in [0.4, 0.5) is 8.78 Å². The van der Waals surface area contributed by atoms with Gasteiger partial charge in [-0.3, -0.25) is 0 Å². The number of methoxy groups -OCH3 is 2. The third kappa shape index (κ3) is 3.52. The van der Waals surface area contributed by atoms with Gasteiger partial charge in [-0.2, -0.15) is 4.39 Å². The second kappa shape index (κ2) is 7.44. The zero-order chi connectivity index (χ0) is 17.9. The van der Waals surface area contributed by atoms with Gasteiger partial charge in [0, 0.05) is 18.6 Å². The van der Waals surface area contributed by atoms with Crippen molar-refractivity contribution < 1.29 is 32.5 Å². The Morgan fingerprint density at radius 3 is 2.67 bits per heavy atom. The molecule has 3 atom stereocenters. The average molecular weight is 344 g/mol. The Kier molecular flexibility index (Phi) is 5.77. The summed E-state index contributed by atoms with van der Waals surface area (Å²) in [7, 11) is 2.78. The summed E-state index contributed by atoms with van der Waals surface area (Å²) in [6.45, 7) is 3.94. The van der Waals surface area contributed by atoms with Crippen LogP contribution in [0.1, 0.15) is 31.7 Å². The minimum Gasteiger partial charge on any atom is -0.493 e. The van der Waals surface area contributed by atoms with E-state index in [0.29, 0.717) is 12.0 Å². The molecule has 134 valence electrons. The van der Waals surface area contributed by atoms with Gasteiger partial charge in [-0.15, -0.1) is 0 Å². The van der Waals surface area contributed by atoms with E-state index in [1.165, 1.54) is 20.3 Å². The van der Waals surface area contributed by atoms with Crippen LogP contribution in [0, 0.1) is 11.6 Å². The number of benzene rings is 1. The lowest BCUT2D eigenvalue weighted by Gasteiger charge is -2.22. The van der Waals surface area contributed by atoms with Gasteiger partial charge in [0.05, 0.1) is 25.9 Å². The third-order valence-corrected chi connectivity index (χ3v) is 4.08. The highest BCUT2D eigenvalue weighted by Crippen LogP contribution is 2.45. The van der Waals surface area contributed by atoms with Crippen molar-refractivity contribution in [3.63, 3.8) is 0 Å². The van der Waals surface area contributed by atoms with Crippen LogP contribution in [0.15, 0.2) is 12.1 Å². The van der Waals surface area contributed by atoms with Crippen molar-refractivity contribution in [2.75, 3.05) is 27.4 Å². The molecule has 0 N–H and O–H groups in total. The highest BCUT2D eigenvalue weighted by Gasteiger charge is 2.49. The number of hydrogen-bond donors (Lipinski definition) is 0. The lowest BCUT2D eigenvalue weighted by Crippen LogP contribution is -2.33. The second-order valence-electron chi connectivity index (χ2n) is 5.97. The summed E-state index contributed by atoms with van der Waals surface area (Å²) in [6.07, 6.45) is -0.560. The summed E-state index contributed by atoms with van der Waals surface area (Å²) in [5, 5.41) is 0. The minimum absolute atomic E-state index is 0.196. The van der Waals surface area contributed by atoms with Crippen LogP contribution in [0.5, 0.6) is 5.75 Å². The molecule has 0 amide bonds. The van der Waals surface area contributed by atoms with Crippen molar-refractivity contribution in [2.24, 2.45) is 0 Å². The first-order valence-electron chi connectivity index (χ1n) is 7.72. The minimum atomic E-state index is -1.09. The molecule has 1 saturated heterocycles. The molecule has 0 bridgehead atoms. The van der Waals surface area contributed by atoms with E-state index in [1.54, 1.807) is 13.8 Å². The topological polar surface area (TPSA) is 54.0 Å². The molecule has 1 heterocycles. The standard InChI is InChI=1S/C17H22F2O5/c1-5-23-16(20)15-11(8-17(2,24-15)9-21-3)10-6-7-12(18)13(19)14(10)22-4/h6-7,11,15H,5,8-9H2,1-4H3. The van der Waals surface area contributed by atoms with Gasteiger partial charge in [-0.1, -0.05) is 6.07 Å². The van der Waals surface area contributed by atoms with Crippen LogP contribution in [0.25, 0.3) is 0 Å². The highest BCUT2D eigenvalue weighted by molar-refractivity contribution is 5.77. The number of carbonyl (C=O) groups is 1. The summed E-state index contributed by atoms with van der Waals surface area (Å²) in [4.78, 5) is 12.3. The summed E-state index contributed by atoms with van der Waals surface area (Å²) in [5.74, 6) is -3.40. The van der Waals surface area contributed by atoms with Gasteiger partial charge in [0.2, 0.25) is 5.82 Å². The zero-order valence-corrected chi connectivity index (χ0v) is 14.2. The first kappa shape index (κ1) is 18.6. The van der Waals surface area contributed by atoms with E-state index in [9.17, 15) is 13.6 Å². The van der Waals surface area contributed by atoms with E-state index >= 15 is 0 Å². The maximum Gasteiger partial charge on any atom is 0.335 e. The molecule has 0 spiro atoms. The largest absolute Gasteiger partial charge is 0.493 e. The summed E-state index contributed by atoms with van der Waals surface area (Å²) in [6, 6.07) is 2.43. The number of rotatable bonds is 6. The zero-order valence-electron chi connectivity index (χ0n) is 14.2. The molecule has 0 aliphatic carbocycles. The van der Waals surface area contributed by atoms with Crippen LogP contribution in [0.3, 0.4) is 0 Å². The van der Waals surface area contributed by atoms with E-state index < -0.39 is 35.2 Å². The number of esters is 1. The Bertz CT molecular complexity index is 607. The number of halogens is 2. The van der Waals surface area contributed by atoms with Gasteiger partial charge in [-0.05, 0) is 26.3 Å². The van der Waals surface area contributed by atoms with Crippen LogP contribution in [-0.4, -0.2) is 45.1 Å². The fourth-order valence-electron chi connectivity index (χ4n) is 3.16. The van der Waals surface area contributed by atoms with Gasteiger partial charge >= 0.3 is 5.97 Å². The molecule has 1 aliphatic heterocycles. The molecular weight excluding hydrogens is 322 g/mol. The Morgan fingerprint density at radius 2 is 2.08 bits per heavy atom. The van der Waals surface area contributed by atoms with Crippen LogP contribution in [-0.2, 0) is 19.0 Å². The van der Waals surface area contributed by atoms with Crippen LogP contribution < -0.4 is 4.74 Å². The molecule has 0 aromatic heterocycles. The van der Waals surface area contributed by atoms with Gasteiger partial charge in [0.25, 0.3) is 0 Å². The molecule has 0 saturated carbocycles. The first-order chi connectivity index (χ1) is 11.4. The molecule has 1 aromatic carbocycles. The molecular formula is C17H22F2O5. The van der Waals surface area contributed by atoms with Crippen molar-refractivity contribution in [3.05, 3.63) is 29.3 Å². The normalized spacial score (nSPS) is 26.4. The molecule has 1 fully saturated rings. The summed E-state index contributed by atoms with van der Waals surface area (Å²) < 4.78 is 48.7. The Morgan fingerprint density at radius 1 is 1.38 bits per heavy atom. The van der Waals surface area contributed by atoms with Gasteiger partial charge in [-0.25, -0.2) is 9.18 Å². The smallest absolute Gasteiger partial charge is 0.335 e. The lowest BCUT2D eigenvalue weighted by molar-refractivity contribution is -0.163. The second-order valence-corrected chi connectivity index (χ2v) is 5.97. The molecule has 5 nitrogen and oxygen atoms in total. The average Bonchev–Trinajstić information content (AvgIpc) is 2.88. The predicted octanol–water partition coefficient (Wildman–Crippen LogP) is 2.81. The number of ether oxygens (including phenoxy) is 4. The molecule has 24 heavy (non-hydrogen) atoms. The first-order valence-corrected chi connectivity index (χ1v) is 7.72. The van der Waals surface area contributed by atoms with Gasteiger partial charge in [0.1, 0.15) is 0 Å². The van der Waals surface area contributed by atoms with Crippen molar-refractivity contribution >= 4 is 5.97 Å². The van der Waals surface area contributed by atoms with Gasteiger partial charge in [0.15, 0.2) is 17.7 Å². The molecule has 0 radical (unpaired) electrons. The van der Waals surface area contributed by atoms with E-state index in [4.69, 9.17) is 18.9 Å². The van der Waals surface area contributed by atoms with Crippen molar-refractivity contribution in [1.29, 1.82) is 0 Å². The van der Waals surface area contributed by atoms with Crippen LogP contribution in [0.2, 0.25) is 0 Å². The monoisotopic (exact) mass is 344 g/mol. The summed E-state index contributed by atoms with van der Waals surface area (Å²) >= 11 is 0. The SMILES string of the molecule is CCOC(=O)C1OC(C)(COC)CC1c1ccc(F)c(F)c1OC. The fraction of sp³-hybridized carbons (Fsp3) is 0.588. The maximum absolute atomic E-state index is 14.1. The fourth-order valence-corrected chi connectivity index (χ4v) is 3.16. The van der Waals surface area contributed by atoms with Crippen molar-refractivity contribution in [3.8, 4) is 5.75 Å². The van der Waals surface area contributed by atoms with Crippen molar-refractivity contribution in [1.82, 2.24) is 0 Å². The summed E-state index contributed by atoms with van der Waals surface area (Å²) in [5.41, 5.74) is -0.374. The molecule has 2 rings (SSSR count). The number of hydrogen-bond acceptors (Lipinski definition) is 5. The van der Waals surface area contributed by atoms with Crippen LogP contribution >= 0.6 is 0 Å².